The predicted molar refractivity (Wildman–Crippen MR) is 129 cm³/mol. The molecule has 8 heteroatoms. The lowest BCUT2D eigenvalue weighted by Gasteiger charge is -2.14. The summed E-state index contributed by atoms with van der Waals surface area (Å²) >= 11 is 0. The first-order valence-electron chi connectivity index (χ1n) is 10.6. The van der Waals surface area contributed by atoms with E-state index in [2.05, 4.69) is 15.3 Å². The van der Waals surface area contributed by atoms with Crippen LogP contribution in [-0.4, -0.2) is 49.6 Å². The first-order valence-corrected chi connectivity index (χ1v) is 12.5. The van der Waals surface area contributed by atoms with Crippen molar-refractivity contribution in [2.24, 2.45) is 0 Å². The molecular formula is C25H26N4O3S. The third-order valence-electron chi connectivity index (χ3n) is 5.46. The monoisotopic (exact) mass is 462 g/mol. The number of aryl methyl sites for hydroxylation is 1. The van der Waals surface area contributed by atoms with Gasteiger partial charge in [-0.15, -0.1) is 0 Å². The van der Waals surface area contributed by atoms with Crippen LogP contribution in [-0.2, 0) is 14.6 Å². The van der Waals surface area contributed by atoms with E-state index < -0.39 is 9.84 Å². The Morgan fingerprint density at radius 1 is 1.18 bits per heavy atom. The Labute approximate surface area is 194 Å². The van der Waals surface area contributed by atoms with Crippen molar-refractivity contribution >= 4 is 21.1 Å². The van der Waals surface area contributed by atoms with E-state index in [9.17, 15) is 8.42 Å². The third-order valence-corrected chi connectivity index (χ3v) is 6.58. The molecule has 0 aliphatic carbocycles. The van der Waals surface area contributed by atoms with Crippen molar-refractivity contribution in [3.05, 3.63) is 83.9 Å². The largest absolute Gasteiger partial charge is 0.385 e. The average Bonchev–Trinajstić information content (AvgIpc) is 3.32. The number of nitrogens with zero attached hydrogens (tertiary/aromatic N) is 2. The number of hydrogen-bond donors (Lipinski definition) is 2. The molecule has 170 valence electrons. The molecular weight excluding hydrogens is 436 g/mol. The molecule has 0 unspecified atom stereocenters. The third kappa shape index (κ3) is 5.53. The smallest absolute Gasteiger partial charge is 0.175 e. The number of benzene rings is 1. The number of sulfone groups is 1. The number of pyridine rings is 2. The second-order valence-electron chi connectivity index (χ2n) is 8.05. The van der Waals surface area contributed by atoms with Crippen molar-refractivity contribution in [2.45, 2.75) is 24.3 Å². The zero-order valence-corrected chi connectivity index (χ0v) is 19.4. The Kier molecular flexibility index (Phi) is 6.67. The van der Waals surface area contributed by atoms with Crippen molar-refractivity contribution in [1.29, 1.82) is 5.41 Å². The van der Waals surface area contributed by atoms with E-state index in [0.29, 0.717) is 29.3 Å². The van der Waals surface area contributed by atoms with Crippen LogP contribution >= 0.6 is 0 Å². The number of allylic oxidation sites excluding steroid dienone is 1. The van der Waals surface area contributed by atoms with Gasteiger partial charge in [-0.1, -0.05) is 18.2 Å². The van der Waals surface area contributed by atoms with Crippen molar-refractivity contribution in [1.82, 2.24) is 15.3 Å². The second-order valence-corrected chi connectivity index (χ2v) is 10.1. The highest BCUT2D eigenvalue weighted by molar-refractivity contribution is 7.90. The van der Waals surface area contributed by atoms with Gasteiger partial charge in [-0.2, -0.15) is 0 Å². The average molecular weight is 463 g/mol. The molecule has 0 bridgehead atoms. The van der Waals surface area contributed by atoms with Crippen LogP contribution in [0.25, 0.3) is 16.8 Å². The number of ether oxygens (including phenoxy) is 1. The van der Waals surface area contributed by atoms with E-state index >= 15 is 0 Å². The fourth-order valence-electron chi connectivity index (χ4n) is 3.62. The zero-order chi connectivity index (χ0) is 23.4. The van der Waals surface area contributed by atoms with Crippen LogP contribution in [0.5, 0.6) is 0 Å². The lowest BCUT2D eigenvalue weighted by molar-refractivity contribution is 0.192. The molecule has 2 N–H and O–H groups in total. The highest BCUT2D eigenvalue weighted by Gasteiger charge is 2.17. The maximum absolute atomic E-state index is 11.8. The van der Waals surface area contributed by atoms with Crippen LogP contribution in [0.2, 0.25) is 0 Å². The Hall–Kier alpha value is -3.36. The first-order chi connectivity index (χ1) is 15.8. The number of rotatable bonds is 7. The van der Waals surface area contributed by atoms with Gasteiger partial charge >= 0.3 is 0 Å². The quantitative estimate of drug-likeness (QED) is 0.520. The lowest BCUT2D eigenvalue weighted by atomic mass is 9.98. The molecule has 3 heterocycles. The van der Waals surface area contributed by atoms with Crippen molar-refractivity contribution in [3.8, 4) is 11.3 Å². The van der Waals surface area contributed by atoms with Crippen molar-refractivity contribution in [2.75, 3.05) is 19.5 Å². The number of nitrogens with one attached hydrogen (secondary N) is 2. The van der Waals surface area contributed by atoms with Crippen LogP contribution in [0.1, 0.15) is 23.4 Å². The van der Waals surface area contributed by atoms with Crippen molar-refractivity contribution in [3.63, 3.8) is 0 Å². The molecule has 1 aromatic carbocycles. The molecule has 7 nitrogen and oxygen atoms in total. The summed E-state index contributed by atoms with van der Waals surface area (Å²) < 4.78 is 29.0. The lowest BCUT2D eigenvalue weighted by Crippen LogP contribution is -2.25. The van der Waals surface area contributed by atoms with Crippen LogP contribution in [0.3, 0.4) is 0 Å². The fraction of sp³-hybridized carbons (Fsp3) is 0.240. The van der Waals surface area contributed by atoms with E-state index in [4.69, 9.17) is 10.1 Å². The summed E-state index contributed by atoms with van der Waals surface area (Å²) in [5.41, 5.74) is 4.71. The summed E-state index contributed by atoms with van der Waals surface area (Å²) in [6, 6.07) is 16.2. The van der Waals surface area contributed by atoms with Gasteiger partial charge in [-0.05, 0) is 55.3 Å². The highest BCUT2D eigenvalue weighted by atomic mass is 32.2. The van der Waals surface area contributed by atoms with E-state index in [-0.39, 0.29) is 10.9 Å². The predicted octanol–water partition coefficient (Wildman–Crippen LogP) is 3.64. The maximum atomic E-state index is 11.8. The van der Waals surface area contributed by atoms with Gasteiger partial charge < -0.3 is 10.1 Å². The molecule has 33 heavy (non-hydrogen) atoms. The summed E-state index contributed by atoms with van der Waals surface area (Å²) in [7, 11) is -3.27. The van der Waals surface area contributed by atoms with Gasteiger partial charge in [0.15, 0.2) is 9.84 Å². The highest BCUT2D eigenvalue weighted by Crippen LogP contribution is 2.25. The molecule has 0 spiro atoms. The van der Waals surface area contributed by atoms with E-state index in [1.54, 1.807) is 30.5 Å². The summed E-state index contributed by atoms with van der Waals surface area (Å²) in [6.07, 6.45) is 5.65. The summed E-state index contributed by atoms with van der Waals surface area (Å²) in [5.74, 6) is 0. The first kappa shape index (κ1) is 22.8. The normalized spacial score (nSPS) is 16.5. The minimum Gasteiger partial charge on any atom is -0.385 e. The van der Waals surface area contributed by atoms with E-state index in [1.807, 2.05) is 43.5 Å². The minimum absolute atomic E-state index is 0.197. The van der Waals surface area contributed by atoms with Crippen molar-refractivity contribution < 1.29 is 13.2 Å². The Morgan fingerprint density at radius 3 is 2.64 bits per heavy atom. The van der Waals surface area contributed by atoms with Gasteiger partial charge in [0.25, 0.3) is 0 Å². The maximum Gasteiger partial charge on any atom is 0.175 e. The molecule has 2 aromatic heterocycles. The van der Waals surface area contributed by atoms with Gasteiger partial charge in [0, 0.05) is 42.1 Å². The summed E-state index contributed by atoms with van der Waals surface area (Å²) in [5, 5.41) is 12.3. The summed E-state index contributed by atoms with van der Waals surface area (Å²) in [4.78, 5) is 9.25. The molecule has 1 saturated heterocycles. The van der Waals surface area contributed by atoms with Gasteiger partial charge in [0.1, 0.15) is 0 Å². The minimum atomic E-state index is -3.27. The van der Waals surface area contributed by atoms with Crippen LogP contribution in [0, 0.1) is 12.3 Å². The second kappa shape index (κ2) is 9.64. The molecule has 0 saturated carbocycles. The standard InChI is InChI=1S/C25H26N4O3S/c1-17-4-3-5-23(29-17)25(26)22(15-28-20-11-13-32-16-20)19-10-12-27-24(14-19)18-6-8-21(9-7-18)33(2,30)31/h3-10,12,14-15,20,26,28H,11,13,16H2,1-2H3/b22-15-,26-25?/t20-/m1/s1. The molecule has 0 radical (unpaired) electrons. The molecule has 1 aliphatic rings. The van der Waals surface area contributed by atoms with Crippen LogP contribution in [0.15, 0.2) is 71.9 Å². The topological polar surface area (TPSA) is 105 Å². The SMILES string of the molecule is Cc1cccc(C(=N)/C(=C\N[C@@H]2CCOC2)c2ccnc(-c3ccc(S(C)(=O)=O)cc3)c2)n1. The molecule has 4 rings (SSSR count). The Balaban J connectivity index is 1.71. The number of aromatic nitrogens is 2. The number of hydrogen-bond acceptors (Lipinski definition) is 7. The Bertz CT molecular complexity index is 1300. The van der Waals surface area contributed by atoms with Gasteiger partial charge in [0.05, 0.1) is 34.6 Å². The van der Waals surface area contributed by atoms with Gasteiger partial charge in [-0.25, -0.2) is 8.42 Å². The van der Waals surface area contributed by atoms with Gasteiger partial charge in [-0.3, -0.25) is 15.4 Å². The van der Waals surface area contributed by atoms with Crippen LogP contribution < -0.4 is 5.32 Å². The molecule has 1 atom stereocenters. The summed E-state index contributed by atoms with van der Waals surface area (Å²) in [6.45, 7) is 3.26. The van der Waals surface area contributed by atoms with E-state index in [1.165, 1.54) is 6.26 Å². The van der Waals surface area contributed by atoms with Gasteiger partial charge in [0.2, 0.25) is 0 Å². The van der Waals surface area contributed by atoms with E-state index in [0.717, 1.165) is 29.8 Å². The fourth-order valence-corrected chi connectivity index (χ4v) is 4.25. The van der Waals surface area contributed by atoms with Crippen LogP contribution in [0.4, 0.5) is 0 Å². The zero-order valence-electron chi connectivity index (χ0n) is 18.6. The Morgan fingerprint density at radius 2 is 1.97 bits per heavy atom. The molecule has 1 fully saturated rings. The molecule has 0 amide bonds. The molecule has 1 aliphatic heterocycles. The molecule has 3 aromatic rings.